The second-order valence-electron chi connectivity index (χ2n) is 8.58. The number of amides is 1. The molecule has 0 radical (unpaired) electrons. The summed E-state index contributed by atoms with van der Waals surface area (Å²) >= 11 is 0. The lowest BCUT2D eigenvalue weighted by Crippen LogP contribution is -2.44. The molecule has 6 rings (SSSR count). The molecule has 0 atom stereocenters. The van der Waals surface area contributed by atoms with Gasteiger partial charge in [0.1, 0.15) is 17.1 Å². The van der Waals surface area contributed by atoms with Crippen LogP contribution in [0.5, 0.6) is 0 Å². The van der Waals surface area contributed by atoms with Crippen LogP contribution in [0, 0.1) is 0 Å². The number of carbonyl (C=O) groups is 1. The summed E-state index contributed by atoms with van der Waals surface area (Å²) in [6, 6.07) is 9.71. The van der Waals surface area contributed by atoms with E-state index in [-0.39, 0.29) is 5.91 Å². The Kier molecular flexibility index (Phi) is 4.96. The number of imidazole rings is 1. The Bertz CT molecular complexity index is 1480. The topological polar surface area (TPSA) is 94.4 Å². The molecule has 170 valence electrons. The van der Waals surface area contributed by atoms with Gasteiger partial charge < -0.3 is 24.5 Å². The predicted octanol–water partition coefficient (Wildman–Crippen LogP) is 3.28. The molecule has 0 saturated carbocycles. The lowest BCUT2D eigenvalue weighted by atomic mass is 10.1. The van der Waals surface area contributed by atoms with Crippen molar-refractivity contribution >= 4 is 34.1 Å². The number of fused-ring (bicyclic) bond motifs is 2. The fraction of sp³-hybridized carbons (Fsp3) is 0.200. The van der Waals surface area contributed by atoms with Crippen molar-refractivity contribution in [2.24, 2.45) is 0 Å². The third kappa shape index (κ3) is 3.75. The minimum atomic E-state index is -0.222. The molecule has 9 heteroatoms. The number of aromatic nitrogens is 5. The Morgan fingerprint density at radius 3 is 2.74 bits per heavy atom. The Labute approximate surface area is 196 Å². The van der Waals surface area contributed by atoms with Crippen LogP contribution in [-0.2, 0) is 0 Å². The number of hydrogen-bond donors (Lipinski definition) is 2. The van der Waals surface area contributed by atoms with Gasteiger partial charge in [-0.2, -0.15) is 0 Å². The molecule has 9 nitrogen and oxygen atoms in total. The standard InChI is InChI=1S/C25H24N8O/c1-31-8-10-32(11-9-31)23-5-3-19(14-27-23)30-25(34)18-12-20-21(15-29-24(20)28-13-18)17-2-4-22-26-6-7-33(22)16-17/h2-7,12-16H,8-11H2,1H3,(H,28,29)(H,30,34). The highest BCUT2D eigenvalue weighted by molar-refractivity contribution is 6.07. The molecule has 5 aromatic rings. The van der Waals surface area contributed by atoms with Crippen molar-refractivity contribution in [3.05, 3.63) is 73.1 Å². The molecule has 1 aliphatic rings. The van der Waals surface area contributed by atoms with Crippen molar-refractivity contribution in [1.29, 1.82) is 0 Å². The van der Waals surface area contributed by atoms with Gasteiger partial charge >= 0.3 is 0 Å². The Morgan fingerprint density at radius 2 is 1.91 bits per heavy atom. The van der Waals surface area contributed by atoms with Gasteiger partial charge in [-0.25, -0.2) is 15.0 Å². The number of hydrogen-bond acceptors (Lipinski definition) is 6. The van der Waals surface area contributed by atoms with Gasteiger partial charge in [-0.15, -0.1) is 0 Å². The summed E-state index contributed by atoms with van der Waals surface area (Å²) in [5.74, 6) is 0.710. The molecule has 0 spiro atoms. The van der Waals surface area contributed by atoms with E-state index in [1.807, 2.05) is 53.3 Å². The number of nitrogens with zero attached hydrogens (tertiary/aromatic N) is 6. The highest BCUT2D eigenvalue weighted by atomic mass is 16.1. The molecular weight excluding hydrogens is 428 g/mol. The number of aromatic amines is 1. The van der Waals surface area contributed by atoms with E-state index in [9.17, 15) is 4.79 Å². The smallest absolute Gasteiger partial charge is 0.257 e. The van der Waals surface area contributed by atoms with Gasteiger partial charge in [-0.1, -0.05) is 0 Å². The largest absolute Gasteiger partial charge is 0.354 e. The van der Waals surface area contributed by atoms with Crippen LogP contribution in [0.4, 0.5) is 11.5 Å². The number of carbonyl (C=O) groups excluding carboxylic acids is 1. The van der Waals surface area contributed by atoms with Gasteiger partial charge in [-0.3, -0.25) is 4.79 Å². The van der Waals surface area contributed by atoms with Crippen molar-refractivity contribution in [3.8, 4) is 11.1 Å². The third-order valence-electron chi connectivity index (χ3n) is 6.33. The molecule has 1 saturated heterocycles. The van der Waals surface area contributed by atoms with Gasteiger partial charge in [0.2, 0.25) is 0 Å². The summed E-state index contributed by atoms with van der Waals surface area (Å²) in [4.78, 5) is 34.1. The third-order valence-corrected chi connectivity index (χ3v) is 6.33. The fourth-order valence-corrected chi connectivity index (χ4v) is 4.33. The normalized spacial score (nSPS) is 14.7. The van der Waals surface area contributed by atoms with E-state index in [1.165, 1.54) is 0 Å². The van der Waals surface area contributed by atoms with Crippen LogP contribution < -0.4 is 10.2 Å². The van der Waals surface area contributed by atoms with Gasteiger partial charge in [0.25, 0.3) is 5.91 Å². The fourth-order valence-electron chi connectivity index (χ4n) is 4.33. The summed E-state index contributed by atoms with van der Waals surface area (Å²) in [7, 11) is 2.13. The molecule has 5 aromatic heterocycles. The van der Waals surface area contributed by atoms with Crippen LogP contribution >= 0.6 is 0 Å². The van der Waals surface area contributed by atoms with E-state index in [1.54, 1.807) is 18.6 Å². The van der Waals surface area contributed by atoms with Gasteiger partial charge in [0, 0.05) is 73.7 Å². The van der Waals surface area contributed by atoms with Gasteiger partial charge in [0.15, 0.2) is 0 Å². The maximum atomic E-state index is 13.0. The second kappa shape index (κ2) is 8.27. The summed E-state index contributed by atoms with van der Waals surface area (Å²) < 4.78 is 1.97. The maximum Gasteiger partial charge on any atom is 0.257 e. The zero-order valence-corrected chi connectivity index (χ0v) is 18.8. The molecule has 1 amide bonds. The number of H-pyrrole nitrogens is 1. The van der Waals surface area contributed by atoms with E-state index in [4.69, 9.17) is 0 Å². The average Bonchev–Trinajstić information content (AvgIpc) is 3.51. The van der Waals surface area contributed by atoms with Gasteiger partial charge in [-0.05, 0) is 37.4 Å². The lowest BCUT2D eigenvalue weighted by molar-refractivity contribution is 0.102. The molecular formula is C25H24N8O. The Hall–Kier alpha value is -4.24. The van der Waals surface area contributed by atoms with Crippen LogP contribution in [0.2, 0.25) is 0 Å². The first-order valence-corrected chi connectivity index (χ1v) is 11.3. The molecule has 0 unspecified atom stereocenters. The summed E-state index contributed by atoms with van der Waals surface area (Å²) in [6.07, 6.45) is 10.9. The molecule has 0 aliphatic carbocycles. The molecule has 1 fully saturated rings. The van der Waals surface area contributed by atoms with E-state index in [0.717, 1.165) is 59.8 Å². The van der Waals surface area contributed by atoms with Crippen molar-refractivity contribution in [2.45, 2.75) is 0 Å². The van der Waals surface area contributed by atoms with Crippen molar-refractivity contribution < 1.29 is 4.79 Å². The number of nitrogens with one attached hydrogen (secondary N) is 2. The number of anilines is 2. The molecule has 0 aromatic carbocycles. The number of rotatable bonds is 4. The van der Waals surface area contributed by atoms with Crippen LogP contribution in [0.25, 0.3) is 27.8 Å². The number of pyridine rings is 3. The van der Waals surface area contributed by atoms with Crippen LogP contribution in [0.1, 0.15) is 10.4 Å². The average molecular weight is 453 g/mol. The lowest BCUT2D eigenvalue weighted by Gasteiger charge is -2.33. The minimum absolute atomic E-state index is 0.222. The van der Waals surface area contributed by atoms with Crippen LogP contribution in [-0.4, -0.2) is 68.4 Å². The quantitative estimate of drug-likeness (QED) is 0.435. The van der Waals surface area contributed by atoms with E-state index in [0.29, 0.717) is 11.3 Å². The Morgan fingerprint density at radius 1 is 1.03 bits per heavy atom. The predicted molar refractivity (Wildman–Crippen MR) is 132 cm³/mol. The summed E-state index contributed by atoms with van der Waals surface area (Å²) in [6.45, 7) is 3.95. The van der Waals surface area contributed by atoms with E-state index < -0.39 is 0 Å². The minimum Gasteiger partial charge on any atom is -0.354 e. The zero-order valence-electron chi connectivity index (χ0n) is 18.8. The maximum absolute atomic E-state index is 13.0. The molecule has 0 bridgehead atoms. The van der Waals surface area contributed by atoms with E-state index in [2.05, 4.69) is 42.1 Å². The van der Waals surface area contributed by atoms with Crippen LogP contribution in [0.15, 0.2) is 67.5 Å². The first kappa shape index (κ1) is 20.4. The first-order valence-electron chi connectivity index (χ1n) is 11.3. The Balaban J connectivity index is 1.22. The molecule has 2 N–H and O–H groups in total. The van der Waals surface area contributed by atoms with E-state index >= 15 is 0 Å². The zero-order chi connectivity index (χ0) is 23.1. The molecule has 6 heterocycles. The highest BCUT2D eigenvalue weighted by Crippen LogP contribution is 2.29. The number of likely N-dealkylation sites (N-methyl/N-ethyl adjacent to an activating group) is 1. The van der Waals surface area contributed by atoms with Crippen LogP contribution in [0.3, 0.4) is 0 Å². The second-order valence-corrected chi connectivity index (χ2v) is 8.58. The summed E-state index contributed by atoms with van der Waals surface area (Å²) in [5, 5.41) is 3.83. The molecule has 34 heavy (non-hydrogen) atoms. The number of piperazine rings is 1. The highest BCUT2D eigenvalue weighted by Gasteiger charge is 2.16. The molecule has 1 aliphatic heterocycles. The van der Waals surface area contributed by atoms with Gasteiger partial charge in [0.05, 0.1) is 17.4 Å². The van der Waals surface area contributed by atoms with Crippen molar-refractivity contribution in [1.82, 2.24) is 29.2 Å². The first-order chi connectivity index (χ1) is 16.6. The SMILES string of the molecule is CN1CCN(c2ccc(NC(=O)c3cnc4[nH]cc(-c5ccc6nccn6c5)c4c3)cn2)CC1. The van der Waals surface area contributed by atoms with Crippen molar-refractivity contribution in [2.75, 3.05) is 43.4 Å². The van der Waals surface area contributed by atoms with Crippen molar-refractivity contribution in [3.63, 3.8) is 0 Å². The summed E-state index contributed by atoms with van der Waals surface area (Å²) in [5.41, 5.74) is 4.75. The monoisotopic (exact) mass is 452 g/mol.